The molecule has 3 rings (SSSR count). The Morgan fingerprint density at radius 1 is 1.30 bits per heavy atom. The Hall–Kier alpha value is -2.39. The van der Waals surface area contributed by atoms with Gasteiger partial charge in [-0.2, -0.15) is 13.2 Å². The number of methoxy groups -OCH3 is 1. The van der Waals surface area contributed by atoms with E-state index in [2.05, 4.69) is 40.4 Å². The fourth-order valence-electron chi connectivity index (χ4n) is 3.60. The predicted octanol–water partition coefficient (Wildman–Crippen LogP) is 4.00. The predicted molar refractivity (Wildman–Crippen MR) is 104 cm³/mol. The topological polar surface area (TPSA) is 75.8 Å². The molecule has 1 saturated heterocycles. The van der Waals surface area contributed by atoms with Crippen LogP contribution in [0.3, 0.4) is 0 Å². The van der Waals surface area contributed by atoms with Crippen LogP contribution in [0.15, 0.2) is 34.9 Å². The van der Waals surface area contributed by atoms with Crippen LogP contribution in [-0.2, 0) is 22.5 Å². The number of piperidine rings is 1. The van der Waals surface area contributed by atoms with E-state index in [1.807, 2.05) is 21.0 Å². The minimum Gasteiger partial charge on any atom is -0.475 e. The number of ether oxygens (including phenoxy) is 1. The van der Waals surface area contributed by atoms with Gasteiger partial charge >= 0.3 is 12.1 Å². The van der Waals surface area contributed by atoms with E-state index in [1.165, 1.54) is 11.1 Å². The van der Waals surface area contributed by atoms with E-state index in [-0.39, 0.29) is 0 Å². The lowest BCUT2D eigenvalue weighted by Crippen LogP contribution is -2.44. The van der Waals surface area contributed by atoms with Crippen molar-refractivity contribution in [3.05, 3.63) is 52.9 Å². The van der Waals surface area contributed by atoms with Gasteiger partial charge in [-0.05, 0) is 32.3 Å². The molecular weight excluding hydrogens is 401 g/mol. The molecule has 0 bridgehead atoms. The van der Waals surface area contributed by atoms with Gasteiger partial charge in [0.25, 0.3) is 0 Å². The van der Waals surface area contributed by atoms with Gasteiger partial charge in [0.1, 0.15) is 5.76 Å². The minimum atomic E-state index is -5.08. The van der Waals surface area contributed by atoms with Crippen molar-refractivity contribution in [1.29, 1.82) is 0 Å². The lowest BCUT2D eigenvalue weighted by molar-refractivity contribution is -0.192. The van der Waals surface area contributed by atoms with Crippen LogP contribution in [0.1, 0.15) is 29.0 Å². The van der Waals surface area contributed by atoms with Gasteiger partial charge in [-0.1, -0.05) is 35.5 Å². The van der Waals surface area contributed by atoms with Crippen molar-refractivity contribution in [2.24, 2.45) is 5.92 Å². The Morgan fingerprint density at radius 2 is 1.93 bits per heavy atom. The van der Waals surface area contributed by atoms with E-state index in [0.717, 1.165) is 43.9 Å². The Bertz CT molecular complexity index is 789. The third-order valence-electron chi connectivity index (χ3n) is 5.20. The van der Waals surface area contributed by atoms with Gasteiger partial charge in [0.2, 0.25) is 0 Å². The standard InChI is InChI=1S/C19H26N2O2.C2HF3O2/c1-14-18(15(2)23-20-14)13-21-10-9-19(22-3)17(12-21)11-16-7-5-4-6-8-16;3-2(4,5)1(6)7/h4-8,17,19H,9-13H2,1-3H3;(H,6,7)/t17-,19+;/m0./s1. The van der Waals surface area contributed by atoms with Crippen molar-refractivity contribution in [1.82, 2.24) is 10.1 Å². The summed E-state index contributed by atoms with van der Waals surface area (Å²) in [5.74, 6) is -1.29. The summed E-state index contributed by atoms with van der Waals surface area (Å²) >= 11 is 0. The Kier molecular flexibility index (Phi) is 8.43. The van der Waals surface area contributed by atoms with Gasteiger partial charge in [-0.25, -0.2) is 4.79 Å². The second kappa shape index (κ2) is 10.6. The van der Waals surface area contributed by atoms with E-state index in [0.29, 0.717) is 12.0 Å². The highest BCUT2D eigenvalue weighted by Crippen LogP contribution is 2.26. The normalized spacial score (nSPS) is 19.8. The number of alkyl halides is 3. The smallest absolute Gasteiger partial charge is 0.475 e. The zero-order valence-electron chi connectivity index (χ0n) is 17.3. The highest BCUT2D eigenvalue weighted by atomic mass is 19.4. The van der Waals surface area contributed by atoms with Crippen molar-refractivity contribution in [3.8, 4) is 0 Å². The van der Waals surface area contributed by atoms with Gasteiger partial charge < -0.3 is 14.4 Å². The summed E-state index contributed by atoms with van der Waals surface area (Å²) in [6, 6.07) is 10.7. The fourth-order valence-corrected chi connectivity index (χ4v) is 3.60. The molecule has 0 spiro atoms. The molecule has 0 aliphatic carbocycles. The molecular formula is C21H27F3N2O4. The molecule has 30 heavy (non-hydrogen) atoms. The molecule has 0 unspecified atom stereocenters. The maximum absolute atomic E-state index is 10.6. The zero-order chi connectivity index (χ0) is 22.3. The first kappa shape index (κ1) is 23.9. The van der Waals surface area contributed by atoms with Crippen molar-refractivity contribution in [2.45, 2.75) is 45.5 Å². The van der Waals surface area contributed by atoms with E-state index < -0.39 is 12.1 Å². The molecule has 0 radical (unpaired) electrons. The van der Waals surface area contributed by atoms with Crippen molar-refractivity contribution < 1.29 is 32.3 Å². The summed E-state index contributed by atoms with van der Waals surface area (Å²) in [5, 5.41) is 11.2. The number of benzene rings is 1. The van der Waals surface area contributed by atoms with Gasteiger partial charge in [-0.3, -0.25) is 4.90 Å². The van der Waals surface area contributed by atoms with Crippen LogP contribution in [0.25, 0.3) is 0 Å². The number of carboxylic acids is 1. The van der Waals surface area contributed by atoms with Gasteiger partial charge in [-0.15, -0.1) is 0 Å². The van der Waals surface area contributed by atoms with Crippen LogP contribution in [0, 0.1) is 19.8 Å². The van der Waals surface area contributed by atoms with Crippen LogP contribution < -0.4 is 0 Å². The van der Waals surface area contributed by atoms with Gasteiger partial charge in [0, 0.05) is 38.2 Å². The molecule has 1 aromatic heterocycles. The lowest BCUT2D eigenvalue weighted by atomic mass is 9.88. The van der Waals surface area contributed by atoms with Crippen LogP contribution in [0.5, 0.6) is 0 Å². The maximum atomic E-state index is 10.6. The Labute approximate surface area is 173 Å². The molecule has 1 aliphatic heterocycles. The molecule has 0 amide bonds. The quantitative estimate of drug-likeness (QED) is 0.776. The highest BCUT2D eigenvalue weighted by molar-refractivity contribution is 5.73. The number of aromatic nitrogens is 1. The third kappa shape index (κ3) is 6.84. The number of halogens is 3. The summed E-state index contributed by atoms with van der Waals surface area (Å²) in [6.07, 6.45) is -2.59. The number of aryl methyl sites for hydroxylation is 2. The third-order valence-corrected chi connectivity index (χ3v) is 5.20. The maximum Gasteiger partial charge on any atom is 0.490 e. The largest absolute Gasteiger partial charge is 0.490 e. The Morgan fingerprint density at radius 3 is 2.43 bits per heavy atom. The number of rotatable bonds is 5. The molecule has 1 N–H and O–H groups in total. The van der Waals surface area contributed by atoms with Crippen molar-refractivity contribution in [2.75, 3.05) is 20.2 Å². The molecule has 6 nitrogen and oxygen atoms in total. The average molecular weight is 428 g/mol. The minimum absolute atomic E-state index is 0.344. The van der Waals surface area contributed by atoms with Gasteiger partial charge in [0.05, 0.1) is 11.8 Å². The summed E-state index contributed by atoms with van der Waals surface area (Å²) in [7, 11) is 1.84. The zero-order valence-corrected chi connectivity index (χ0v) is 17.3. The number of likely N-dealkylation sites (tertiary alicyclic amines) is 1. The van der Waals surface area contributed by atoms with Crippen molar-refractivity contribution in [3.63, 3.8) is 0 Å². The number of carboxylic acid groups (broad SMARTS) is 1. The second-order valence-corrected chi connectivity index (χ2v) is 7.35. The highest BCUT2D eigenvalue weighted by Gasteiger charge is 2.38. The van der Waals surface area contributed by atoms with Crippen LogP contribution in [0.4, 0.5) is 13.2 Å². The number of aliphatic carboxylic acids is 1. The first-order chi connectivity index (χ1) is 14.1. The van der Waals surface area contributed by atoms with E-state index >= 15 is 0 Å². The average Bonchev–Trinajstić information content (AvgIpc) is 3.01. The molecule has 2 aromatic rings. The number of carbonyl (C=O) groups is 1. The number of hydrogen-bond acceptors (Lipinski definition) is 5. The van der Waals surface area contributed by atoms with E-state index in [9.17, 15) is 13.2 Å². The Balaban J connectivity index is 0.000000396. The van der Waals surface area contributed by atoms with Crippen LogP contribution in [0.2, 0.25) is 0 Å². The molecule has 0 saturated carbocycles. The first-order valence-corrected chi connectivity index (χ1v) is 9.62. The molecule has 1 fully saturated rings. The molecule has 166 valence electrons. The molecule has 9 heteroatoms. The first-order valence-electron chi connectivity index (χ1n) is 9.62. The molecule has 1 aromatic carbocycles. The SMILES string of the molecule is CO[C@@H]1CCN(Cc2c(C)noc2C)C[C@@H]1Cc1ccccc1.O=C(O)C(F)(F)F. The van der Waals surface area contributed by atoms with Crippen LogP contribution in [-0.4, -0.2) is 53.6 Å². The molecule has 1 aliphatic rings. The van der Waals surface area contributed by atoms with Crippen LogP contribution >= 0.6 is 0 Å². The van der Waals surface area contributed by atoms with Crippen molar-refractivity contribution >= 4 is 5.97 Å². The summed E-state index contributed by atoms with van der Waals surface area (Å²) in [4.78, 5) is 11.4. The van der Waals surface area contributed by atoms with Gasteiger partial charge in [0.15, 0.2) is 0 Å². The summed E-state index contributed by atoms with van der Waals surface area (Å²) < 4.78 is 42.8. The number of nitrogens with zero attached hydrogens (tertiary/aromatic N) is 2. The van der Waals surface area contributed by atoms with E-state index in [4.69, 9.17) is 19.2 Å². The summed E-state index contributed by atoms with van der Waals surface area (Å²) in [5.41, 5.74) is 3.63. The fraction of sp³-hybridized carbons (Fsp3) is 0.524. The number of hydrogen-bond donors (Lipinski definition) is 1. The summed E-state index contributed by atoms with van der Waals surface area (Å²) in [6.45, 7) is 7.06. The van der Waals surface area contributed by atoms with E-state index in [1.54, 1.807) is 0 Å². The second-order valence-electron chi connectivity index (χ2n) is 7.35. The molecule has 2 atom stereocenters. The lowest BCUT2D eigenvalue weighted by Gasteiger charge is -2.38. The molecule has 2 heterocycles. The monoisotopic (exact) mass is 428 g/mol.